The molecule has 0 spiro atoms. The van der Waals surface area contributed by atoms with E-state index >= 15 is 0 Å². The van der Waals surface area contributed by atoms with Crippen molar-refractivity contribution in [3.05, 3.63) is 390 Å². The lowest BCUT2D eigenvalue weighted by Crippen LogP contribution is -2.25. The van der Waals surface area contributed by atoms with Gasteiger partial charge in [-0.1, -0.05) is 270 Å². The molecular formula is C110H96Cl5N3O15S5. The van der Waals surface area contributed by atoms with E-state index in [2.05, 4.69) is 28.1 Å². The molecule has 0 bridgehead atoms. The first-order chi connectivity index (χ1) is 66.4. The second-order valence-electron chi connectivity index (χ2n) is 33.1. The first-order valence-electron chi connectivity index (χ1n) is 44.1. The number of ketones is 2. The summed E-state index contributed by atoms with van der Waals surface area (Å²) in [6, 6.07) is 85.0. The number of amides is 3. The van der Waals surface area contributed by atoms with Gasteiger partial charge in [-0.2, -0.15) is 0 Å². The van der Waals surface area contributed by atoms with Gasteiger partial charge in [0.1, 0.15) is 48.9 Å². The average Bonchev–Trinajstić information content (AvgIpc) is 1.63. The number of ether oxygens (including phenoxy) is 1. The van der Waals surface area contributed by atoms with Crippen LogP contribution in [0.15, 0.2) is 300 Å². The number of unbranched alkanes of at least 4 members (excludes halogenated alkanes) is 1. The van der Waals surface area contributed by atoms with Crippen LogP contribution >= 0.6 is 115 Å². The molecule has 10 aromatic carbocycles. The number of thiophene rings is 5. The summed E-state index contributed by atoms with van der Waals surface area (Å²) >= 11 is 36.0. The largest absolute Gasteiger partial charge is 0.478 e. The van der Waals surface area contributed by atoms with Crippen LogP contribution in [0.25, 0.3) is 55.6 Å². The van der Waals surface area contributed by atoms with Crippen LogP contribution in [-0.4, -0.2) is 85.2 Å². The van der Waals surface area contributed by atoms with Crippen LogP contribution in [-0.2, 0) is 67.2 Å². The number of esters is 1. The number of benzene rings is 10. The third-order valence-electron chi connectivity index (χ3n) is 21.9. The van der Waals surface area contributed by atoms with Gasteiger partial charge in [0, 0.05) is 123 Å². The molecule has 15 aromatic rings. The molecule has 0 saturated heterocycles. The Hall–Kier alpha value is -12.8. The highest BCUT2D eigenvalue weighted by molar-refractivity contribution is 7.16. The van der Waals surface area contributed by atoms with Crippen molar-refractivity contribution in [2.45, 2.75) is 122 Å². The van der Waals surface area contributed by atoms with Crippen LogP contribution in [0.1, 0.15) is 167 Å². The zero-order valence-corrected chi connectivity index (χ0v) is 83.0. The molecule has 1 aliphatic rings. The molecule has 18 nitrogen and oxygen atoms in total. The van der Waals surface area contributed by atoms with Gasteiger partial charge in [-0.3, -0.25) is 24.0 Å². The Balaban J connectivity index is 0.000000155. The minimum atomic E-state index is -1.06. The van der Waals surface area contributed by atoms with Crippen molar-refractivity contribution in [2.75, 3.05) is 16.0 Å². The number of halogens is 5. The fourth-order valence-corrected chi connectivity index (χ4v) is 20.6. The van der Waals surface area contributed by atoms with Gasteiger partial charge in [0.05, 0.1) is 11.1 Å². The van der Waals surface area contributed by atoms with Crippen LogP contribution in [0.3, 0.4) is 0 Å². The van der Waals surface area contributed by atoms with Crippen LogP contribution in [0.4, 0.5) is 15.0 Å². The Labute approximate surface area is 844 Å². The molecule has 5 aromatic heterocycles. The maximum Gasteiger partial charge on any atom is 0.342 e. The standard InChI is InChI=1S/C24H24ClNO3S.C22H20ClNO3S.C22H19ClO3S.C21H16ClNO3S.C21H17ClO3S/c1-24(2,3)29-23(28)21-19(17-10-12-18(25)13-11-17)15-30-22(21)26-20(27)14-9-16-7-5-4-6-8-16;23-17-12-10-16(11-13-17)18-14-28-21(20(18)22(26)27)24-19(25)9-5-4-8-15-6-2-1-3-7-15;23-17-11-9-16(10-12-17)19-14-27-20(21(19)22(25)26)13-18(24)8-4-7-15-5-2-1-3-6-15;22-14-8-6-13(7-9-14)17-11-27-20(18(17)21(25)26)23-19(24)16-10-15(16)12-4-2-1-3-5-12;22-16-9-7-15(8-10-16)18-13-26-19(20(18)21(24)25)12-17(23)11-6-14-4-2-1-3-5-14/h4-8,10-13,15H,9,14H2,1-3H3,(H,26,27);1-3,6-7,10-14H,4-5,8-9H2,(H,24,25)(H,26,27);1-3,5-6,9-12,14H,4,7-8,13H2,(H,25,26);1-9,11,15-16H,10H2,(H,23,24)(H,25,26);1-5,7-10,13H,6,11-12H2,(H,24,25). The molecule has 28 heteroatoms. The first-order valence-corrected chi connectivity index (χ1v) is 50.3. The molecule has 7 N–H and O–H groups in total. The molecule has 3 amide bonds. The molecule has 16 rings (SSSR count). The number of carbonyl (C=O) groups excluding carboxylic acids is 6. The number of hydrogen-bond donors (Lipinski definition) is 7. The lowest BCUT2D eigenvalue weighted by molar-refractivity contribution is -0.119. The van der Waals surface area contributed by atoms with Crippen molar-refractivity contribution in [1.82, 2.24) is 0 Å². The molecule has 138 heavy (non-hydrogen) atoms. The van der Waals surface area contributed by atoms with Gasteiger partial charge in [-0.05, 0) is 205 Å². The molecule has 2 atom stereocenters. The number of nitrogens with one attached hydrogen (secondary N) is 3. The maximum absolute atomic E-state index is 13.0. The van der Waals surface area contributed by atoms with E-state index in [-0.39, 0.29) is 76.2 Å². The minimum absolute atomic E-state index is 0.0425. The number of aryl methyl sites for hydroxylation is 4. The molecule has 1 aliphatic carbocycles. The Morgan fingerprint density at radius 3 is 0.986 bits per heavy atom. The van der Waals surface area contributed by atoms with Crippen LogP contribution in [0.5, 0.6) is 0 Å². The number of Topliss-reactive ketones (excluding diaryl/α,β-unsaturated/α-hetero) is 2. The monoisotopic (exact) mass is 2030 g/mol. The molecule has 2 unspecified atom stereocenters. The number of carboxylic acids is 4. The van der Waals surface area contributed by atoms with Crippen LogP contribution in [0, 0.1) is 5.92 Å². The van der Waals surface area contributed by atoms with Gasteiger partial charge in [0.15, 0.2) is 0 Å². The number of anilines is 3. The van der Waals surface area contributed by atoms with Crippen molar-refractivity contribution >= 4 is 189 Å². The Kier molecular flexibility index (Phi) is 38.5. The van der Waals surface area contributed by atoms with E-state index in [1.807, 2.05) is 178 Å². The summed E-state index contributed by atoms with van der Waals surface area (Å²) < 4.78 is 5.61. The predicted octanol–water partition coefficient (Wildman–Crippen LogP) is 29.6. The smallest absolute Gasteiger partial charge is 0.342 e. The summed E-state index contributed by atoms with van der Waals surface area (Å²) in [4.78, 5) is 124. The quantitative estimate of drug-likeness (QED) is 0.0146. The van der Waals surface area contributed by atoms with Gasteiger partial charge in [0.25, 0.3) is 0 Å². The number of rotatable bonds is 34. The predicted molar refractivity (Wildman–Crippen MR) is 560 cm³/mol. The van der Waals surface area contributed by atoms with Gasteiger partial charge in [0.2, 0.25) is 17.7 Å². The Morgan fingerprint density at radius 1 is 0.326 bits per heavy atom. The minimum Gasteiger partial charge on any atom is -0.478 e. The maximum atomic E-state index is 13.0. The van der Waals surface area contributed by atoms with Crippen molar-refractivity contribution < 1.29 is 73.1 Å². The number of aromatic carboxylic acids is 4. The summed E-state index contributed by atoms with van der Waals surface area (Å²) in [5, 5.41) is 60.3. The van der Waals surface area contributed by atoms with Gasteiger partial charge in [-0.15, -0.1) is 56.7 Å². The van der Waals surface area contributed by atoms with Gasteiger partial charge < -0.3 is 41.1 Å². The highest BCUT2D eigenvalue weighted by Gasteiger charge is 2.44. The van der Waals surface area contributed by atoms with E-state index in [4.69, 9.17) is 62.7 Å². The highest BCUT2D eigenvalue weighted by Crippen LogP contribution is 2.49. The van der Waals surface area contributed by atoms with E-state index in [1.165, 1.54) is 67.8 Å². The van der Waals surface area contributed by atoms with E-state index in [0.717, 1.165) is 83.0 Å². The second-order valence-corrected chi connectivity index (χ2v) is 39.8. The normalized spacial score (nSPS) is 12.2. The first kappa shape index (κ1) is 104. The second kappa shape index (κ2) is 51.1. The topological polar surface area (TPSA) is 297 Å². The zero-order chi connectivity index (χ0) is 98.4. The highest BCUT2D eigenvalue weighted by atomic mass is 35.5. The van der Waals surface area contributed by atoms with Crippen molar-refractivity contribution in [3.63, 3.8) is 0 Å². The summed E-state index contributed by atoms with van der Waals surface area (Å²) in [6.07, 6.45) is 8.11. The molecule has 1 fully saturated rings. The summed E-state index contributed by atoms with van der Waals surface area (Å²) in [6.45, 7) is 5.45. The number of carbonyl (C=O) groups is 10. The lowest BCUT2D eigenvalue weighted by Gasteiger charge is -2.20. The average molecular weight is 2040 g/mol. The Bertz CT molecular complexity index is 6690. The SMILES string of the molecule is CC(C)(C)OC(=O)c1c(-c2ccc(Cl)cc2)csc1NC(=O)CCc1ccccc1.O=C(CCCCc1ccccc1)Nc1scc(-c2ccc(Cl)cc2)c1C(=O)O.O=C(CCCc1ccccc1)Cc1scc(-c2ccc(Cl)cc2)c1C(=O)O.O=C(CCc1ccccc1)Cc1scc(-c2ccc(Cl)cc2)c1C(=O)O.O=C(O)c1c(-c2ccc(Cl)cc2)csc1NC(=O)C1CC1c1ccccc1. The van der Waals surface area contributed by atoms with E-state index in [9.17, 15) is 68.4 Å². The summed E-state index contributed by atoms with van der Waals surface area (Å²) in [5.74, 6) is -4.85. The molecule has 706 valence electrons. The fraction of sp³-hybridized carbons (Fsp3) is 0.182. The van der Waals surface area contributed by atoms with Crippen molar-refractivity contribution in [1.29, 1.82) is 0 Å². The zero-order valence-electron chi connectivity index (χ0n) is 75.1. The molecule has 0 radical (unpaired) electrons. The molecule has 0 aliphatic heterocycles. The van der Waals surface area contributed by atoms with Crippen LogP contribution in [0.2, 0.25) is 25.1 Å². The van der Waals surface area contributed by atoms with Gasteiger partial charge in [-0.25, -0.2) is 24.0 Å². The third kappa shape index (κ3) is 30.9. The summed E-state index contributed by atoms with van der Waals surface area (Å²) in [7, 11) is 0. The summed E-state index contributed by atoms with van der Waals surface area (Å²) in [5.41, 5.74) is 13.2. The molecule has 5 heterocycles. The van der Waals surface area contributed by atoms with Crippen LogP contribution < -0.4 is 16.0 Å². The fourth-order valence-electron chi connectivity index (χ4n) is 14.9. The van der Waals surface area contributed by atoms with Crippen molar-refractivity contribution in [2.24, 2.45) is 5.92 Å². The number of carboxylic acid groups (broad SMARTS) is 4. The number of hydrogen-bond acceptors (Lipinski definition) is 16. The van der Waals surface area contributed by atoms with E-state index in [1.54, 1.807) is 131 Å². The van der Waals surface area contributed by atoms with E-state index in [0.29, 0.717) is 122 Å². The Morgan fingerprint density at radius 2 is 0.623 bits per heavy atom. The molecular weight excluding hydrogens is 1940 g/mol. The lowest BCUT2D eigenvalue weighted by atomic mass is 10.00. The van der Waals surface area contributed by atoms with Gasteiger partial charge >= 0.3 is 29.8 Å². The third-order valence-corrected chi connectivity index (χ3v) is 27.8. The van der Waals surface area contributed by atoms with Crippen molar-refractivity contribution in [3.8, 4) is 55.6 Å². The molecule has 1 saturated carbocycles. The van der Waals surface area contributed by atoms with E-state index < -0.39 is 35.4 Å².